The Hall–Kier alpha value is -2.34. The first-order valence-electron chi connectivity index (χ1n) is 6.41. The van der Waals surface area contributed by atoms with Crippen LogP contribution in [0.4, 0.5) is 0 Å². The molecule has 0 radical (unpaired) electrons. The Morgan fingerprint density at radius 3 is 2.71 bits per heavy atom. The summed E-state index contributed by atoms with van der Waals surface area (Å²) >= 11 is 1.70. The third-order valence-corrected chi connectivity index (χ3v) is 3.91. The maximum Gasteiger partial charge on any atom is 0.262 e. The van der Waals surface area contributed by atoms with Crippen LogP contribution in [0.25, 0.3) is 23.2 Å². The van der Waals surface area contributed by atoms with Crippen molar-refractivity contribution in [3.8, 4) is 0 Å². The van der Waals surface area contributed by atoms with E-state index < -0.39 is 0 Å². The molecule has 0 saturated carbocycles. The van der Waals surface area contributed by atoms with Gasteiger partial charge in [0.1, 0.15) is 11.2 Å². The zero-order valence-corrected chi connectivity index (χ0v) is 12.5. The second kappa shape index (κ2) is 5.57. The number of thioether (sulfide) groups is 1. The first kappa shape index (κ1) is 13.6. The van der Waals surface area contributed by atoms with Gasteiger partial charge in [-0.15, -0.1) is 11.8 Å². The van der Waals surface area contributed by atoms with E-state index in [0.717, 1.165) is 5.56 Å². The van der Waals surface area contributed by atoms with E-state index in [1.54, 1.807) is 29.6 Å². The lowest BCUT2D eigenvalue weighted by Gasteiger charge is -1.98. The lowest BCUT2D eigenvalue weighted by Crippen LogP contribution is -2.09. The molecule has 1 aromatic carbocycles. The van der Waals surface area contributed by atoms with Crippen molar-refractivity contribution in [3.63, 3.8) is 0 Å². The van der Waals surface area contributed by atoms with Gasteiger partial charge in [-0.2, -0.15) is 5.10 Å². The van der Waals surface area contributed by atoms with Crippen LogP contribution >= 0.6 is 11.8 Å². The van der Waals surface area contributed by atoms with E-state index in [4.69, 9.17) is 0 Å². The highest BCUT2D eigenvalue weighted by Gasteiger charge is 2.06. The third kappa shape index (κ3) is 2.75. The Balaban J connectivity index is 1.94. The van der Waals surface area contributed by atoms with Gasteiger partial charge in [-0.05, 0) is 30.0 Å². The molecule has 0 aliphatic carbocycles. The largest absolute Gasteiger partial charge is 0.306 e. The second-order valence-electron chi connectivity index (χ2n) is 4.56. The van der Waals surface area contributed by atoms with E-state index in [9.17, 15) is 4.79 Å². The molecular weight excluding hydrogens is 284 g/mol. The predicted octanol–water partition coefficient (Wildman–Crippen LogP) is 2.55. The van der Waals surface area contributed by atoms with Gasteiger partial charge in [-0.3, -0.25) is 9.48 Å². The summed E-state index contributed by atoms with van der Waals surface area (Å²) in [5.41, 5.74) is 1.46. The maximum absolute atomic E-state index is 11.9. The Labute approximate surface area is 125 Å². The fraction of sp³-hybridized carbons (Fsp3) is 0.133. The Morgan fingerprint density at radius 1 is 1.24 bits per heavy atom. The number of rotatable bonds is 3. The molecule has 0 bridgehead atoms. The molecule has 1 N–H and O–H groups in total. The molecule has 0 atom stereocenters. The SMILES string of the molecule is CSc1ccc(C=Cc2nc3c(cnn3C)c(=O)[nH]2)cc1. The number of H-pyrrole nitrogens is 1. The first-order chi connectivity index (χ1) is 10.2. The number of aromatic nitrogens is 4. The van der Waals surface area contributed by atoms with Crippen LogP contribution in [0.3, 0.4) is 0 Å². The number of benzene rings is 1. The summed E-state index contributed by atoms with van der Waals surface area (Å²) in [6.07, 6.45) is 7.28. The maximum atomic E-state index is 11.9. The molecule has 3 aromatic rings. The van der Waals surface area contributed by atoms with E-state index in [0.29, 0.717) is 16.9 Å². The zero-order chi connectivity index (χ0) is 14.8. The number of aryl methyl sites for hydroxylation is 1. The first-order valence-corrected chi connectivity index (χ1v) is 7.64. The summed E-state index contributed by atoms with van der Waals surface area (Å²) in [5.74, 6) is 0.519. The molecule has 21 heavy (non-hydrogen) atoms. The van der Waals surface area contributed by atoms with Crippen LogP contribution in [-0.4, -0.2) is 26.0 Å². The van der Waals surface area contributed by atoms with Crippen molar-refractivity contribution in [1.29, 1.82) is 0 Å². The number of aromatic amines is 1. The highest BCUT2D eigenvalue weighted by molar-refractivity contribution is 7.98. The molecule has 2 aromatic heterocycles. The molecule has 0 aliphatic heterocycles. The van der Waals surface area contributed by atoms with Crippen LogP contribution < -0.4 is 5.56 Å². The zero-order valence-electron chi connectivity index (χ0n) is 11.7. The van der Waals surface area contributed by atoms with E-state index in [1.807, 2.05) is 24.5 Å². The van der Waals surface area contributed by atoms with Gasteiger partial charge in [0, 0.05) is 11.9 Å². The van der Waals surface area contributed by atoms with Gasteiger partial charge >= 0.3 is 0 Å². The molecule has 0 saturated heterocycles. The minimum Gasteiger partial charge on any atom is -0.306 e. The van der Waals surface area contributed by atoms with Gasteiger partial charge in [0.05, 0.1) is 6.20 Å². The average molecular weight is 298 g/mol. The van der Waals surface area contributed by atoms with Gasteiger partial charge in [0.25, 0.3) is 5.56 Å². The molecule has 0 aliphatic rings. The molecule has 106 valence electrons. The van der Waals surface area contributed by atoms with Crippen molar-refractivity contribution in [2.24, 2.45) is 7.05 Å². The van der Waals surface area contributed by atoms with Crippen molar-refractivity contribution in [2.45, 2.75) is 4.90 Å². The summed E-state index contributed by atoms with van der Waals surface area (Å²) < 4.78 is 1.59. The normalized spacial score (nSPS) is 11.5. The third-order valence-electron chi connectivity index (χ3n) is 3.17. The van der Waals surface area contributed by atoms with Gasteiger partial charge in [0.15, 0.2) is 5.65 Å². The molecular formula is C15H14N4OS. The molecule has 3 rings (SSSR count). The van der Waals surface area contributed by atoms with Crippen molar-refractivity contribution < 1.29 is 0 Å². The topological polar surface area (TPSA) is 63.6 Å². The van der Waals surface area contributed by atoms with E-state index in [2.05, 4.69) is 27.2 Å². The fourth-order valence-corrected chi connectivity index (χ4v) is 2.43. The highest BCUT2D eigenvalue weighted by atomic mass is 32.2. The van der Waals surface area contributed by atoms with E-state index >= 15 is 0 Å². The molecule has 0 amide bonds. The van der Waals surface area contributed by atoms with Crippen molar-refractivity contribution >= 4 is 34.9 Å². The smallest absolute Gasteiger partial charge is 0.262 e. The number of hydrogen-bond donors (Lipinski definition) is 1. The monoisotopic (exact) mass is 298 g/mol. The van der Waals surface area contributed by atoms with Crippen molar-refractivity contribution in [3.05, 3.63) is 52.2 Å². The van der Waals surface area contributed by atoms with Gasteiger partial charge < -0.3 is 4.98 Å². The molecule has 0 unspecified atom stereocenters. The number of hydrogen-bond acceptors (Lipinski definition) is 4. The fourth-order valence-electron chi connectivity index (χ4n) is 2.02. The molecule has 0 fully saturated rings. The second-order valence-corrected chi connectivity index (χ2v) is 5.44. The van der Waals surface area contributed by atoms with Crippen LogP contribution in [0, 0.1) is 0 Å². The quantitative estimate of drug-likeness (QED) is 0.755. The van der Waals surface area contributed by atoms with Gasteiger partial charge in [-0.1, -0.05) is 18.2 Å². The Kier molecular flexibility index (Phi) is 3.62. The predicted molar refractivity (Wildman–Crippen MR) is 86.3 cm³/mol. The standard InChI is InChI=1S/C15H14N4OS/c1-19-14-12(9-16-19)15(20)18-13(17-14)8-5-10-3-6-11(21-2)7-4-10/h3-9H,1-2H3,(H,17,18,20). The Morgan fingerprint density at radius 2 is 2.00 bits per heavy atom. The molecule has 0 spiro atoms. The van der Waals surface area contributed by atoms with Crippen LogP contribution in [0.5, 0.6) is 0 Å². The summed E-state index contributed by atoms with van der Waals surface area (Å²) in [4.78, 5) is 20.3. The van der Waals surface area contributed by atoms with Crippen molar-refractivity contribution in [2.75, 3.05) is 6.26 Å². The van der Waals surface area contributed by atoms with Crippen molar-refractivity contribution in [1.82, 2.24) is 19.7 Å². The summed E-state index contributed by atoms with van der Waals surface area (Å²) in [6.45, 7) is 0. The van der Waals surface area contributed by atoms with Gasteiger partial charge in [-0.25, -0.2) is 4.98 Å². The van der Waals surface area contributed by atoms with Gasteiger partial charge in [0.2, 0.25) is 0 Å². The molecule has 5 nitrogen and oxygen atoms in total. The number of nitrogens with zero attached hydrogens (tertiary/aromatic N) is 3. The van der Waals surface area contributed by atoms with Crippen LogP contribution in [-0.2, 0) is 7.05 Å². The number of fused-ring (bicyclic) bond motifs is 1. The number of nitrogens with one attached hydrogen (secondary N) is 1. The van der Waals surface area contributed by atoms with E-state index in [-0.39, 0.29) is 5.56 Å². The lowest BCUT2D eigenvalue weighted by molar-refractivity contribution is 0.784. The molecule has 2 heterocycles. The average Bonchev–Trinajstić information content (AvgIpc) is 2.88. The van der Waals surface area contributed by atoms with E-state index in [1.165, 1.54) is 11.1 Å². The summed E-state index contributed by atoms with van der Waals surface area (Å²) in [5, 5.41) is 4.54. The minimum atomic E-state index is -0.175. The van der Waals surface area contributed by atoms with Crippen LogP contribution in [0.2, 0.25) is 0 Å². The van der Waals surface area contributed by atoms with Crippen LogP contribution in [0.1, 0.15) is 11.4 Å². The summed E-state index contributed by atoms with van der Waals surface area (Å²) in [7, 11) is 1.77. The molecule has 6 heteroatoms. The Bertz CT molecular complexity index is 862. The lowest BCUT2D eigenvalue weighted by atomic mass is 10.2. The van der Waals surface area contributed by atoms with Crippen LogP contribution in [0.15, 0.2) is 40.2 Å². The highest BCUT2D eigenvalue weighted by Crippen LogP contribution is 2.16. The summed E-state index contributed by atoms with van der Waals surface area (Å²) in [6, 6.07) is 8.18. The minimum absolute atomic E-state index is 0.175.